The number of alkyl halides is 1. The molecule has 3 rings (SSSR count). The number of likely N-dealkylation sites (tertiary alicyclic amines) is 1. The van der Waals surface area contributed by atoms with Gasteiger partial charge in [-0.1, -0.05) is 48.5 Å². The van der Waals surface area contributed by atoms with Crippen molar-refractivity contribution in [2.75, 3.05) is 19.0 Å². The van der Waals surface area contributed by atoms with Gasteiger partial charge in [0.1, 0.15) is 5.75 Å². The minimum atomic E-state index is 0.312. The van der Waals surface area contributed by atoms with Crippen LogP contribution in [0.15, 0.2) is 54.6 Å². The van der Waals surface area contributed by atoms with Crippen molar-refractivity contribution in [2.45, 2.75) is 12.5 Å². The van der Waals surface area contributed by atoms with Gasteiger partial charge < -0.3 is 5.11 Å². The maximum absolute atomic E-state index is 10.1. The third-order valence-corrected chi connectivity index (χ3v) is 4.70. The Labute approximate surface area is 131 Å². The molecule has 110 valence electrons. The lowest BCUT2D eigenvalue weighted by Gasteiger charge is -2.17. The van der Waals surface area contributed by atoms with Gasteiger partial charge in [-0.3, -0.25) is 4.90 Å². The lowest BCUT2D eigenvalue weighted by molar-refractivity contribution is 0.319. The van der Waals surface area contributed by atoms with Gasteiger partial charge >= 0.3 is 0 Å². The first kappa shape index (κ1) is 14.4. The number of nitrogens with zero attached hydrogens (tertiary/aromatic N) is 1. The predicted molar refractivity (Wildman–Crippen MR) is 86.8 cm³/mol. The summed E-state index contributed by atoms with van der Waals surface area (Å²) in [5.74, 6) is 1.72. The molecule has 1 N–H and O–H groups in total. The molecule has 0 aliphatic carbocycles. The van der Waals surface area contributed by atoms with E-state index < -0.39 is 0 Å². The first-order valence-corrected chi connectivity index (χ1v) is 7.91. The summed E-state index contributed by atoms with van der Waals surface area (Å²) < 4.78 is 0. The monoisotopic (exact) mass is 301 g/mol. The Morgan fingerprint density at radius 1 is 1.00 bits per heavy atom. The number of phenolic OH excluding ortho intramolecular Hbond substituents is 1. The van der Waals surface area contributed by atoms with Gasteiger partial charge in [0.25, 0.3) is 0 Å². The van der Waals surface area contributed by atoms with Crippen LogP contribution in [-0.2, 0) is 6.54 Å². The molecule has 0 saturated carbocycles. The maximum Gasteiger partial charge on any atom is 0.119 e. The lowest BCUT2D eigenvalue weighted by atomic mass is 9.89. The number of phenols is 1. The number of aromatic hydroxyl groups is 1. The van der Waals surface area contributed by atoms with Gasteiger partial charge in [-0.25, -0.2) is 0 Å². The van der Waals surface area contributed by atoms with E-state index in [1.54, 1.807) is 6.07 Å². The van der Waals surface area contributed by atoms with Crippen LogP contribution in [0.3, 0.4) is 0 Å². The standard InChI is InChI=1S/C18H20ClNO/c19-10-15-12-20(11-14-6-2-1-3-7-14)13-17(15)16-8-4-5-9-18(16)21/h1-9,15,17,21H,10-13H2/t15-,17-/m0/s1. The van der Waals surface area contributed by atoms with Crippen molar-refractivity contribution in [2.24, 2.45) is 5.92 Å². The van der Waals surface area contributed by atoms with Gasteiger partial charge in [0.05, 0.1) is 0 Å². The SMILES string of the molecule is Oc1ccccc1[C@H]1CN(Cc2ccccc2)C[C@@H]1CCl. The van der Waals surface area contributed by atoms with Crippen LogP contribution < -0.4 is 0 Å². The summed E-state index contributed by atoms with van der Waals surface area (Å²) in [5, 5.41) is 10.1. The lowest BCUT2D eigenvalue weighted by Crippen LogP contribution is -2.20. The Balaban J connectivity index is 1.76. The fraction of sp³-hybridized carbons (Fsp3) is 0.333. The third kappa shape index (κ3) is 3.22. The Morgan fingerprint density at radius 2 is 1.71 bits per heavy atom. The molecule has 0 bridgehead atoms. The van der Waals surface area contributed by atoms with Crippen LogP contribution in [0.4, 0.5) is 0 Å². The normalized spacial score (nSPS) is 22.5. The molecule has 1 saturated heterocycles. The van der Waals surface area contributed by atoms with E-state index in [4.69, 9.17) is 11.6 Å². The van der Waals surface area contributed by atoms with E-state index in [9.17, 15) is 5.11 Å². The Bertz CT molecular complexity index is 587. The number of rotatable bonds is 4. The second kappa shape index (κ2) is 6.50. The summed E-state index contributed by atoms with van der Waals surface area (Å²) in [6.45, 7) is 2.87. The summed E-state index contributed by atoms with van der Waals surface area (Å²) >= 11 is 6.16. The molecule has 0 aromatic heterocycles. The Hall–Kier alpha value is -1.51. The van der Waals surface area contributed by atoms with Crippen molar-refractivity contribution in [3.8, 4) is 5.75 Å². The highest BCUT2D eigenvalue weighted by atomic mass is 35.5. The van der Waals surface area contributed by atoms with Crippen molar-refractivity contribution >= 4 is 11.6 Å². The fourth-order valence-electron chi connectivity index (χ4n) is 3.24. The molecule has 2 aromatic carbocycles. The first-order valence-electron chi connectivity index (χ1n) is 7.38. The van der Waals surface area contributed by atoms with E-state index in [1.165, 1.54) is 5.56 Å². The zero-order valence-electron chi connectivity index (χ0n) is 12.0. The summed E-state index contributed by atoms with van der Waals surface area (Å²) in [5.41, 5.74) is 2.35. The molecule has 1 aliphatic rings. The third-order valence-electron chi connectivity index (χ3n) is 4.30. The summed E-state index contributed by atoms with van der Waals surface area (Å²) in [6, 6.07) is 18.1. The molecule has 1 aliphatic heterocycles. The molecule has 2 aromatic rings. The number of benzene rings is 2. The number of halogens is 1. The van der Waals surface area contributed by atoms with Crippen molar-refractivity contribution in [3.63, 3.8) is 0 Å². The molecular formula is C18H20ClNO. The van der Waals surface area contributed by atoms with Gasteiger partial charge in [0, 0.05) is 31.4 Å². The smallest absolute Gasteiger partial charge is 0.119 e. The van der Waals surface area contributed by atoms with Crippen LogP contribution in [0.25, 0.3) is 0 Å². The van der Waals surface area contributed by atoms with Crippen LogP contribution in [0, 0.1) is 5.92 Å². The number of hydrogen-bond donors (Lipinski definition) is 1. The average molecular weight is 302 g/mol. The van der Waals surface area contributed by atoms with Crippen LogP contribution >= 0.6 is 11.6 Å². The van der Waals surface area contributed by atoms with E-state index in [2.05, 4.69) is 29.2 Å². The van der Waals surface area contributed by atoms with Gasteiger partial charge in [0.15, 0.2) is 0 Å². The van der Waals surface area contributed by atoms with E-state index >= 15 is 0 Å². The van der Waals surface area contributed by atoms with Gasteiger partial charge in [-0.15, -0.1) is 11.6 Å². The second-order valence-corrected chi connectivity index (χ2v) is 6.07. The van der Waals surface area contributed by atoms with Crippen LogP contribution in [-0.4, -0.2) is 29.0 Å². The van der Waals surface area contributed by atoms with Crippen LogP contribution in [0.2, 0.25) is 0 Å². The minimum Gasteiger partial charge on any atom is -0.508 e. The van der Waals surface area contributed by atoms with Gasteiger partial charge in [0.2, 0.25) is 0 Å². The van der Waals surface area contributed by atoms with Crippen molar-refractivity contribution < 1.29 is 5.11 Å². The molecule has 1 fully saturated rings. The highest BCUT2D eigenvalue weighted by Gasteiger charge is 2.34. The summed E-state index contributed by atoms with van der Waals surface area (Å²) in [7, 11) is 0. The molecular weight excluding hydrogens is 282 g/mol. The van der Waals surface area contributed by atoms with Crippen molar-refractivity contribution in [3.05, 3.63) is 65.7 Å². The van der Waals surface area contributed by atoms with Crippen LogP contribution in [0.5, 0.6) is 5.75 Å². The zero-order valence-corrected chi connectivity index (χ0v) is 12.7. The molecule has 2 atom stereocenters. The average Bonchev–Trinajstić information content (AvgIpc) is 2.91. The molecule has 1 heterocycles. The highest BCUT2D eigenvalue weighted by molar-refractivity contribution is 6.18. The Kier molecular flexibility index (Phi) is 4.47. The van der Waals surface area contributed by atoms with E-state index in [0.717, 1.165) is 25.2 Å². The fourth-order valence-corrected chi connectivity index (χ4v) is 3.55. The molecule has 0 unspecified atom stereocenters. The van der Waals surface area contributed by atoms with Crippen molar-refractivity contribution in [1.82, 2.24) is 4.90 Å². The predicted octanol–water partition coefficient (Wildman–Crippen LogP) is 3.85. The quantitative estimate of drug-likeness (QED) is 0.867. The minimum absolute atomic E-state index is 0.312. The number of para-hydroxylation sites is 1. The number of hydrogen-bond acceptors (Lipinski definition) is 2. The maximum atomic E-state index is 10.1. The van der Waals surface area contributed by atoms with E-state index in [1.807, 2.05) is 24.3 Å². The van der Waals surface area contributed by atoms with E-state index in [0.29, 0.717) is 23.5 Å². The van der Waals surface area contributed by atoms with Gasteiger partial charge in [-0.2, -0.15) is 0 Å². The molecule has 3 heteroatoms. The van der Waals surface area contributed by atoms with Gasteiger partial charge in [-0.05, 0) is 23.1 Å². The molecule has 0 spiro atoms. The first-order chi connectivity index (χ1) is 10.3. The molecule has 2 nitrogen and oxygen atoms in total. The zero-order chi connectivity index (χ0) is 14.7. The highest BCUT2D eigenvalue weighted by Crippen LogP contribution is 2.37. The Morgan fingerprint density at radius 3 is 2.43 bits per heavy atom. The van der Waals surface area contributed by atoms with E-state index in [-0.39, 0.29) is 0 Å². The molecule has 0 radical (unpaired) electrons. The van der Waals surface area contributed by atoms with Crippen LogP contribution in [0.1, 0.15) is 17.0 Å². The summed E-state index contributed by atoms with van der Waals surface area (Å²) in [4.78, 5) is 2.43. The topological polar surface area (TPSA) is 23.5 Å². The largest absolute Gasteiger partial charge is 0.508 e. The van der Waals surface area contributed by atoms with Crippen molar-refractivity contribution in [1.29, 1.82) is 0 Å². The molecule has 21 heavy (non-hydrogen) atoms. The summed E-state index contributed by atoms with van der Waals surface area (Å²) in [6.07, 6.45) is 0. The second-order valence-electron chi connectivity index (χ2n) is 5.76. The molecule has 0 amide bonds.